The lowest BCUT2D eigenvalue weighted by molar-refractivity contribution is 0.0600. The minimum atomic E-state index is -0.618. The number of carbonyl (C=O) groups excluding carboxylic acids is 2. The number of benzene rings is 2. The van der Waals surface area contributed by atoms with E-state index in [1.165, 1.54) is 12.0 Å². The van der Waals surface area contributed by atoms with Crippen molar-refractivity contribution in [1.82, 2.24) is 4.90 Å². The molecule has 1 aliphatic rings. The molecule has 0 unspecified atom stereocenters. The van der Waals surface area contributed by atoms with E-state index >= 15 is 0 Å². The van der Waals surface area contributed by atoms with Crippen molar-refractivity contribution in [1.29, 1.82) is 0 Å². The average molecular weight is 375 g/mol. The van der Waals surface area contributed by atoms with Crippen molar-refractivity contribution in [3.8, 4) is 0 Å². The summed E-state index contributed by atoms with van der Waals surface area (Å²) in [5.41, 5.74) is 1.52. The van der Waals surface area contributed by atoms with Gasteiger partial charge in [-0.1, -0.05) is 30.3 Å². The summed E-state index contributed by atoms with van der Waals surface area (Å²) in [6.07, 6.45) is 1.60. The molecule has 3 aromatic rings. The van der Waals surface area contributed by atoms with Gasteiger partial charge in [0.2, 0.25) is 5.76 Å². The molecule has 4 rings (SSSR count). The van der Waals surface area contributed by atoms with Crippen molar-refractivity contribution in [2.45, 2.75) is 6.04 Å². The maximum absolute atomic E-state index is 13.2. The molecule has 0 saturated heterocycles. The Morgan fingerprint density at radius 1 is 1.18 bits per heavy atom. The summed E-state index contributed by atoms with van der Waals surface area (Å²) in [4.78, 5) is 39.4. The van der Waals surface area contributed by atoms with Crippen molar-refractivity contribution < 1.29 is 18.7 Å². The Morgan fingerprint density at radius 2 is 1.89 bits per heavy atom. The van der Waals surface area contributed by atoms with Crippen LogP contribution in [0.1, 0.15) is 38.1 Å². The topological polar surface area (TPSA) is 76.8 Å². The maximum Gasteiger partial charge on any atom is 0.337 e. The molecule has 140 valence electrons. The second-order valence-corrected chi connectivity index (χ2v) is 6.43. The molecule has 0 spiro atoms. The molecule has 0 radical (unpaired) electrons. The van der Waals surface area contributed by atoms with Crippen LogP contribution in [-0.2, 0) is 4.74 Å². The van der Waals surface area contributed by atoms with Gasteiger partial charge in [-0.15, -0.1) is 6.58 Å². The Kier molecular flexibility index (Phi) is 4.31. The molecule has 6 nitrogen and oxygen atoms in total. The van der Waals surface area contributed by atoms with Crippen LogP contribution < -0.4 is 5.43 Å². The number of hydrogen-bond acceptors (Lipinski definition) is 5. The molecule has 6 heteroatoms. The number of para-hydroxylation sites is 1. The third-order valence-electron chi connectivity index (χ3n) is 4.85. The first-order valence-electron chi connectivity index (χ1n) is 8.72. The van der Waals surface area contributed by atoms with E-state index in [4.69, 9.17) is 9.15 Å². The van der Waals surface area contributed by atoms with Crippen molar-refractivity contribution in [2.75, 3.05) is 13.7 Å². The van der Waals surface area contributed by atoms with E-state index in [-0.39, 0.29) is 23.6 Å². The molecule has 0 aliphatic carbocycles. The van der Waals surface area contributed by atoms with Crippen LogP contribution in [0.4, 0.5) is 0 Å². The Hall–Kier alpha value is -3.67. The molecule has 2 heterocycles. The van der Waals surface area contributed by atoms with E-state index in [9.17, 15) is 14.4 Å². The molecule has 0 N–H and O–H groups in total. The number of hydrogen-bond donors (Lipinski definition) is 0. The first-order chi connectivity index (χ1) is 13.6. The number of nitrogens with zero attached hydrogens (tertiary/aromatic N) is 1. The Labute approximate surface area is 160 Å². The first kappa shape index (κ1) is 17.7. The lowest BCUT2D eigenvalue weighted by atomic mass is 9.97. The van der Waals surface area contributed by atoms with Crippen LogP contribution in [0.25, 0.3) is 11.0 Å². The van der Waals surface area contributed by atoms with Gasteiger partial charge in [0, 0.05) is 6.54 Å². The van der Waals surface area contributed by atoms with Crippen molar-refractivity contribution >= 4 is 22.8 Å². The number of esters is 1. The van der Waals surface area contributed by atoms with Crippen LogP contribution >= 0.6 is 0 Å². The highest BCUT2D eigenvalue weighted by atomic mass is 16.5. The maximum atomic E-state index is 13.2. The van der Waals surface area contributed by atoms with Gasteiger partial charge in [0.1, 0.15) is 5.58 Å². The number of carbonyl (C=O) groups is 2. The van der Waals surface area contributed by atoms with Crippen LogP contribution in [0.3, 0.4) is 0 Å². The minimum Gasteiger partial charge on any atom is -0.465 e. The highest BCUT2D eigenvalue weighted by Crippen LogP contribution is 2.38. The molecule has 0 fully saturated rings. The van der Waals surface area contributed by atoms with Gasteiger partial charge >= 0.3 is 5.97 Å². The predicted molar refractivity (Wildman–Crippen MR) is 103 cm³/mol. The van der Waals surface area contributed by atoms with E-state index in [1.54, 1.807) is 54.6 Å². The van der Waals surface area contributed by atoms with E-state index < -0.39 is 12.0 Å². The Morgan fingerprint density at radius 3 is 2.57 bits per heavy atom. The largest absolute Gasteiger partial charge is 0.465 e. The summed E-state index contributed by atoms with van der Waals surface area (Å²) < 4.78 is 10.5. The van der Waals surface area contributed by atoms with E-state index in [0.29, 0.717) is 27.7 Å². The molecular weight excluding hydrogens is 358 g/mol. The van der Waals surface area contributed by atoms with Crippen LogP contribution in [-0.4, -0.2) is 30.4 Å². The zero-order valence-electron chi connectivity index (χ0n) is 15.2. The van der Waals surface area contributed by atoms with E-state index in [2.05, 4.69) is 6.58 Å². The fourth-order valence-corrected chi connectivity index (χ4v) is 3.56. The minimum absolute atomic E-state index is 0.0487. The van der Waals surface area contributed by atoms with Gasteiger partial charge in [0.05, 0.1) is 29.7 Å². The van der Waals surface area contributed by atoms with Crippen molar-refractivity contribution in [3.05, 3.63) is 93.9 Å². The molecule has 2 aromatic carbocycles. The zero-order chi connectivity index (χ0) is 19.8. The number of ether oxygens (including phenoxy) is 1. The molecule has 0 bridgehead atoms. The third kappa shape index (κ3) is 2.62. The number of amides is 1. The van der Waals surface area contributed by atoms with Gasteiger partial charge in [0.15, 0.2) is 5.43 Å². The van der Waals surface area contributed by atoms with Gasteiger partial charge in [-0.3, -0.25) is 9.59 Å². The van der Waals surface area contributed by atoms with Crippen LogP contribution in [0.2, 0.25) is 0 Å². The van der Waals surface area contributed by atoms with Crippen LogP contribution in [0, 0.1) is 0 Å². The predicted octanol–water partition coefficient (Wildman–Crippen LogP) is 3.31. The second-order valence-electron chi connectivity index (χ2n) is 6.43. The van der Waals surface area contributed by atoms with Gasteiger partial charge in [-0.2, -0.15) is 0 Å². The Balaban J connectivity index is 1.92. The summed E-state index contributed by atoms with van der Waals surface area (Å²) >= 11 is 0. The zero-order valence-corrected chi connectivity index (χ0v) is 15.2. The highest BCUT2D eigenvalue weighted by Gasteiger charge is 2.42. The van der Waals surface area contributed by atoms with Crippen molar-refractivity contribution in [2.24, 2.45) is 0 Å². The van der Waals surface area contributed by atoms with Gasteiger partial charge in [-0.05, 0) is 29.8 Å². The lowest BCUT2D eigenvalue weighted by Gasteiger charge is -2.23. The molecule has 0 saturated carbocycles. The second kappa shape index (κ2) is 6.81. The highest BCUT2D eigenvalue weighted by molar-refractivity contribution is 5.99. The van der Waals surface area contributed by atoms with Gasteiger partial charge in [-0.25, -0.2) is 4.79 Å². The number of methoxy groups -OCH3 is 1. The normalized spacial score (nSPS) is 15.5. The molecule has 1 atom stereocenters. The van der Waals surface area contributed by atoms with Crippen LogP contribution in [0.15, 0.2) is 70.4 Å². The summed E-state index contributed by atoms with van der Waals surface area (Å²) in [5.74, 6) is -0.768. The number of rotatable bonds is 4. The molecule has 28 heavy (non-hydrogen) atoms. The third-order valence-corrected chi connectivity index (χ3v) is 4.85. The van der Waals surface area contributed by atoms with E-state index in [0.717, 1.165) is 0 Å². The fourth-order valence-electron chi connectivity index (χ4n) is 3.56. The summed E-state index contributed by atoms with van der Waals surface area (Å²) in [6, 6.07) is 12.9. The SMILES string of the molecule is C=CCN1C(=O)c2oc3ccccc3c(=O)c2[C@H]1c1ccc(C(=O)OC)cc1. The average Bonchev–Trinajstić information content (AvgIpc) is 3.00. The van der Waals surface area contributed by atoms with Gasteiger partial charge in [0.25, 0.3) is 5.91 Å². The monoisotopic (exact) mass is 375 g/mol. The van der Waals surface area contributed by atoms with Crippen LogP contribution in [0.5, 0.6) is 0 Å². The van der Waals surface area contributed by atoms with Gasteiger partial charge < -0.3 is 14.1 Å². The summed E-state index contributed by atoms with van der Waals surface area (Å²) in [5, 5.41) is 0.422. The first-order valence-corrected chi connectivity index (χ1v) is 8.72. The quantitative estimate of drug-likeness (QED) is 0.516. The molecular formula is C22H17NO5. The van der Waals surface area contributed by atoms with Crippen molar-refractivity contribution in [3.63, 3.8) is 0 Å². The lowest BCUT2D eigenvalue weighted by Crippen LogP contribution is -2.29. The fraction of sp³-hybridized carbons (Fsp3) is 0.136. The Bertz CT molecular complexity index is 1160. The number of fused-ring (bicyclic) bond motifs is 2. The smallest absolute Gasteiger partial charge is 0.337 e. The summed E-state index contributed by atoms with van der Waals surface area (Å²) in [6.45, 7) is 3.96. The van der Waals surface area contributed by atoms with E-state index in [1.807, 2.05) is 0 Å². The summed E-state index contributed by atoms with van der Waals surface area (Å²) in [7, 11) is 1.31. The molecule has 1 aromatic heterocycles. The molecule has 1 amide bonds. The standard InChI is InChI=1S/C22H17NO5/c1-3-12-23-18(13-8-10-14(11-9-13)22(26)27-2)17-19(24)15-6-4-5-7-16(15)28-20(17)21(23)25/h3-11,18H,1,12H2,2H3/t18-/m1/s1. The molecule has 1 aliphatic heterocycles.